The van der Waals surface area contributed by atoms with Crippen LogP contribution in [-0.4, -0.2) is 12.9 Å². The Kier molecular flexibility index (Phi) is 3.53. The molecule has 0 heterocycles. The van der Waals surface area contributed by atoms with Gasteiger partial charge in [-0.15, -0.1) is 0 Å². The predicted octanol–water partition coefficient (Wildman–Crippen LogP) is 3.11. The highest BCUT2D eigenvalue weighted by molar-refractivity contribution is 6.31. The standard InChI is InChI=1S/C11H13ClO2/c1-4-8-5-11(14-3)9(7(2)13)6-10(8)12/h5-6H,4H2,1-3H3. The molecule has 2 nitrogen and oxygen atoms in total. The van der Waals surface area contributed by atoms with Crippen molar-refractivity contribution in [2.45, 2.75) is 20.3 Å². The molecular formula is C11H13ClO2. The summed E-state index contributed by atoms with van der Waals surface area (Å²) in [7, 11) is 1.55. The van der Waals surface area contributed by atoms with Crippen LogP contribution in [0.25, 0.3) is 0 Å². The van der Waals surface area contributed by atoms with Gasteiger partial charge in [0.1, 0.15) is 5.75 Å². The van der Waals surface area contributed by atoms with Crippen molar-refractivity contribution in [3.8, 4) is 5.75 Å². The van der Waals surface area contributed by atoms with Gasteiger partial charge in [-0.1, -0.05) is 18.5 Å². The first-order chi connectivity index (χ1) is 6.60. The number of hydrogen-bond donors (Lipinski definition) is 0. The maximum absolute atomic E-state index is 11.2. The van der Waals surface area contributed by atoms with Crippen LogP contribution in [-0.2, 0) is 6.42 Å². The minimum absolute atomic E-state index is 0.0357. The quantitative estimate of drug-likeness (QED) is 0.720. The van der Waals surface area contributed by atoms with Gasteiger partial charge >= 0.3 is 0 Å². The summed E-state index contributed by atoms with van der Waals surface area (Å²) in [6.45, 7) is 3.51. The number of carbonyl (C=O) groups excluding carboxylic acids is 1. The van der Waals surface area contributed by atoms with Gasteiger partial charge in [-0.3, -0.25) is 4.79 Å². The van der Waals surface area contributed by atoms with Crippen LogP contribution in [0.2, 0.25) is 5.02 Å². The summed E-state index contributed by atoms with van der Waals surface area (Å²) in [6.07, 6.45) is 0.827. The lowest BCUT2D eigenvalue weighted by Crippen LogP contribution is -1.99. The Hall–Kier alpha value is -1.02. The summed E-state index contributed by atoms with van der Waals surface area (Å²) in [6, 6.07) is 3.49. The smallest absolute Gasteiger partial charge is 0.163 e. The molecule has 1 aromatic rings. The number of methoxy groups -OCH3 is 1. The Labute approximate surface area is 88.8 Å². The lowest BCUT2D eigenvalue weighted by atomic mass is 10.1. The second-order valence-corrected chi connectivity index (χ2v) is 3.46. The summed E-state index contributed by atoms with van der Waals surface area (Å²) in [5.41, 5.74) is 1.53. The fraction of sp³-hybridized carbons (Fsp3) is 0.364. The molecule has 0 aromatic heterocycles. The predicted molar refractivity (Wildman–Crippen MR) is 57.4 cm³/mol. The molecule has 0 saturated carbocycles. The molecule has 0 N–H and O–H groups in total. The van der Waals surface area contributed by atoms with Crippen molar-refractivity contribution in [1.82, 2.24) is 0 Å². The third-order valence-electron chi connectivity index (χ3n) is 2.13. The fourth-order valence-electron chi connectivity index (χ4n) is 1.31. The zero-order valence-electron chi connectivity index (χ0n) is 8.56. The Morgan fingerprint density at radius 1 is 1.50 bits per heavy atom. The van der Waals surface area contributed by atoms with E-state index in [9.17, 15) is 4.79 Å². The molecule has 14 heavy (non-hydrogen) atoms. The van der Waals surface area contributed by atoms with Gasteiger partial charge in [-0.2, -0.15) is 0 Å². The number of ether oxygens (including phenoxy) is 1. The molecule has 0 radical (unpaired) electrons. The second kappa shape index (κ2) is 4.47. The van der Waals surface area contributed by atoms with E-state index in [2.05, 4.69) is 0 Å². The molecule has 0 atom stereocenters. The number of benzene rings is 1. The van der Waals surface area contributed by atoms with Crippen LogP contribution in [0.3, 0.4) is 0 Å². The number of rotatable bonds is 3. The molecule has 0 aliphatic carbocycles. The summed E-state index contributed by atoms with van der Waals surface area (Å²) in [4.78, 5) is 11.2. The van der Waals surface area contributed by atoms with E-state index in [0.29, 0.717) is 16.3 Å². The van der Waals surface area contributed by atoms with E-state index in [4.69, 9.17) is 16.3 Å². The zero-order valence-corrected chi connectivity index (χ0v) is 9.31. The number of hydrogen-bond acceptors (Lipinski definition) is 2. The first-order valence-electron chi connectivity index (χ1n) is 4.47. The molecule has 3 heteroatoms. The van der Waals surface area contributed by atoms with Gasteiger partial charge in [-0.05, 0) is 31.0 Å². The van der Waals surface area contributed by atoms with Crippen LogP contribution >= 0.6 is 11.6 Å². The van der Waals surface area contributed by atoms with E-state index < -0.39 is 0 Å². The maximum atomic E-state index is 11.2. The Balaban J connectivity index is 3.31. The van der Waals surface area contributed by atoms with Crippen molar-refractivity contribution < 1.29 is 9.53 Å². The van der Waals surface area contributed by atoms with Gasteiger partial charge in [-0.25, -0.2) is 0 Å². The first kappa shape index (κ1) is 11.1. The second-order valence-electron chi connectivity index (χ2n) is 3.05. The third-order valence-corrected chi connectivity index (χ3v) is 2.48. The highest BCUT2D eigenvalue weighted by atomic mass is 35.5. The monoisotopic (exact) mass is 212 g/mol. The SMILES string of the molecule is CCc1cc(OC)c(C(C)=O)cc1Cl. The highest BCUT2D eigenvalue weighted by Crippen LogP contribution is 2.27. The largest absolute Gasteiger partial charge is 0.496 e. The first-order valence-corrected chi connectivity index (χ1v) is 4.85. The van der Waals surface area contributed by atoms with Gasteiger partial charge in [0.2, 0.25) is 0 Å². The lowest BCUT2D eigenvalue weighted by molar-refractivity contribution is 0.101. The van der Waals surface area contributed by atoms with E-state index in [1.165, 1.54) is 6.92 Å². The summed E-state index contributed by atoms with van der Waals surface area (Å²) < 4.78 is 5.12. The molecule has 0 unspecified atom stereocenters. The van der Waals surface area contributed by atoms with Crippen LogP contribution in [0, 0.1) is 0 Å². The van der Waals surface area contributed by atoms with Crippen molar-refractivity contribution in [2.75, 3.05) is 7.11 Å². The van der Waals surface area contributed by atoms with Gasteiger partial charge in [0.25, 0.3) is 0 Å². The molecule has 0 aliphatic rings. The van der Waals surface area contributed by atoms with Crippen molar-refractivity contribution >= 4 is 17.4 Å². The van der Waals surface area contributed by atoms with Crippen molar-refractivity contribution in [1.29, 1.82) is 0 Å². The molecule has 0 saturated heterocycles. The zero-order chi connectivity index (χ0) is 10.7. The topological polar surface area (TPSA) is 26.3 Å². The Morgan fingerprint density at radius 3 is 2.57 bits per heavy atom. The summed E-state index contributed by atoms with van der Waals surface area (Å²) in [5, 5.41) is 0.624. The number of Topliss-reactive ketones (excluding diaryl/α,β-unsaturated/α-hetero) is 1. The highest BCUT2D eigenvalue weighted by Gasteiger charge is 2.11. The minimum atomic E-state index is -0.0357. The summed E-state index contributed by atoms with van der Waals surface area (Å²) in [5.74, 6) is 0.560. The molecule has 0 fully saturated rings. The minimum Gasteiger partial charge on any atom is -0.496 e. The Bertz CT molecular complexity index is 359. The molecule has 0 aliphatic heterocycles. The fourth-order valence-corrected chi connectivity index (χ4v) is 1.61. The van der Waals surface area contributed by atoms with E-state index in [1.807, 2.05) is 13.0 Å². The molecule has 1 rings (SSSR count). The molecular weight excluding hydrogens is 200 g/mol. The number of carbonyl (C=O) groups is 1. The average molecular weight is 213 g/mol. The van der Waals surface area contributed by atoms with Crippen LogP contribution < -0.4 is 4.74 Å². The number of aryl methyl sites for hydroxylation is 1. The third kappa shape index (κ3) is 2.07. The van der Waals surface area contributed by atoms with Gasteiger partial charge in [0, 0.05) is 5.02 Å². The van der Waals surface area contributed by atoms with E-state index >= 15 is 0 Å². The van der Waals surface area contributed by atoms with E-state index in [0.717, 1.165) is 12.0 Å². The summed E-state index contributed by atoms with van der Waals surface area (Å²) >= 11 is 5.99. The van der Waals surface area contributed by atoms with Crippen molar-refractivity contribution in [2.24, 2.45) is 0 Å². The van der Waals surface area contributed by atoms with Gasteiger partial charge in [0.05, 0.1) is 12.7 Å². The molecule has 0 amide bonds. The lowest BCUT2D eigenvalue weighted by Gasteiger charge is -2.09. The van der Waals surface area contributed by atoms with Crippen LogP contribution in [0.1, 0.15) is 29.8 Å². The van der Waals surface area contributed by atoms with Crippen LogP contribution in [0.15, 0.2) is 12.1 Å². The molecule has 0 bridgehead atoms. The van der Waals surface area contributed by atoms with Crippen molar-refractivity contribution in [3.63, 3.8) is 0 Å². The normalized spacial score (nSPS) is 10.0. The average Bonchev–Trinajstić information content (AvgIpc) is 2.17. The van der Waals surface area contributed by atoms with Crippen LogP contribution in [0.4, 0.5) is 0 Å². The maximum Gasteiger partial charge on any atom is 0.163 e. The molecule has 76 valence electrons. The van der Waals surface area contributed by atoms with Crippen LogP contribution in [0.5, 0.6) is 5.75 Å². The van der Waals surface area contributed by atoms with Gasteiger partial charge < -0.3 is 4.74 Å². The van der Waals surface area contributed by atoms with E-state index in [-0.39, 0.29) is 5.78 Å². The Morgan fingerprint density at radius 2 is 2.14 bits per heavy atom. The number of ketones is 1. The molecule has 1 aromatic carbocycles. The molecule has 0 spiro atoms. The van der Waals surface area contributed by atoms with Gasteiger partial charge in [0.15, 0.2) is 5.78 Å². The number of halogens is 1. The van der Waals surface area contributed by atoms with E-state index in [1.54, 1.807) is 13.2 Å². The van der Waals surface area contributed by atoms with Crippen molar-refractivity contribution in [3.05, 3.63) is 28.3 Å².